The average Bonchev–Trinajstić information content (AvgIpc) is 2.83. The van der Waals surface area contributed by atoms with Gasteiger partial charge in [0.25, 0.3) is 0 Å². The van der Waals surface area contributed by atoms with Crippen LogP contribution in [0.4, 0.5) is 0 Å². The Bertz CT molecular complexity index is 771. The van der Waals surface area contributed by atoms with Crippen molar-refractivity contribution >= 4 is 0 Å². The minimum absolute atomic E-state index is 0.274. The van der Waals surface area contributed by atoms with Crippen molar-refractivity contribution in [2.45, 2.75) is 127 Å². The first-order valence-corrected chi connectivity index (χ1v) is 12.9. The lowest BCUT2D eigenvalue weighted by Gasteiger charge is -2.44. The molecule has 0 unspecified atom stereocenters. The van der Waals surface area contributed by atoms with E-state index in [9.17, 15) is 40.9 Å². The van der Waals surface area contributed by atoms with Gasteiger partial charge in [-0.25, -0.2) is 0 Å². The summed E-state index contributed by atoms with van der Waals surface area (Å²) in [5, 5.41) is 79.3. The fraction of sp³-hybridized carbons (Fsp3) is 0.920. The van der Waals surface area contributed by atoms with Gasteiger partial charge in [-0.1, -0.05) is 25.0 Å². The van der Waals surface area contributed by atoms with E-state index in [-0.39, 0.29) is 17.6 Å². The van der Waals surface area contributed by atoms with Crippen molar-refractivity contribution in [3.8, 4) is 0 Å². The molecule has 2 aliphatic heterocycles. The average molecular weight is 537 g/mol. The molecule has 0 aromatic carbocycles. The van der Waals surface area contributed by atoms with E-state index in [1.54, 1.807) is 0 Å². The molecule has 12 atom stereocenters. The van der Waals surface area contributed by atoms with Crippen LogP contribution in [-0.2, 0) is 18.9 Å². The minimum atomic E-state index is -1.50. The van der Waals surface area contributed by atoms with Crippen molar-refractivity contribution in [2.24, 2.45) is 5.41 Å². The molecule has 3 rings (SSSR count). The van der Waals surface area contributed by atoms with Crippen molar-refractivity contribution in [3.05, 3.63) is 11.1 Å². The van der Waals surface area contributed by atoms with E-state index >= 15 is 0 Å². The van der Waals surface area contributed by atoms with E-state index in [2.05, 4.69) is 13.8 Å². The molecule has 0 amide bonds. The van der Waals surface area contributed by atoms with Gasteiger partial charge in [0, 0.05) is 0 Å². The van der Waals surface area contributed by atoms with Gasteiger partial charge in [0.1, 0.15) is 48.8 Å². The van der Waals surface area contributed by atoms with Crippen LogP contribution in [-0.4, -0.2) is 128 Å². The van der Waals surface area contributed by atoms with Crippen molar-refractivity contribution in [1.82, 2.24) is 0 Å². The van der Waals surface area contributed by atoms with Crippen molar-refractivity contribution in [1.29, 1.82) is 0 Å². The third kappa shape index (κ3) is 6.89. The highest BCUT2D eigenvalue weighted by molar-refractivity contribution is 5.24. The van der Waals surface area contributed by atoms with Gasteiger partial charge in [-0.05, 0) is 44.9 Å². The SMILES string of the molecule is CC1=C(CC[C@H](C)O[C@@H]2O[C@H](CO)[C@@H](O)[C@H](O)[C@H]2O)C(C)(C)C[C@H](O[C@@H]2O[C@H](CO)[C@@H](O)[C@H](O)[C@H]2O)C1. The Balaban J connectivity index is 1.58. The Labute approximate surface area is 217 Å². The van der Waals surface area contributed by atoms with Gasteiger partial charge in [0.05, 0.1) is 25.4 Å². The van der Waals surface area contributed by atoms with E-state index in [1.165, 1.54) is 5.57 Å². The zero-order valence-electron chi connectivity index (χ0n) is 21.9. The summed E-state index contributed by atoms with van der Waals surface area (Å²) in [6.45, 7) is 6.94. The molecule has 0 aromatic heterocycles. The summed E-state index contributed by atoms with van der Waals surface area (Å²) in [6.07, 6.45) is -11.4. The summed E-state index contributed by atoms with van der Waals surface area (Å²) < 4.78 is 22.8. The van der Waals surface area contributed by atoms with E-state index in [1.807, 2.05) is 13.8 Å². The van der Waals surface area contributed by atoms with Crippen molar-refractivity contribution in [2.75, 3.05) is 13.2 Å². The van der Waals surface area contributed by atoms with Crippen LogP contribution < -0.4 is 0 Å². The molecule has 8 N–H and O–H groups in total. The standard InChI is InChI=1S/C25H44O12/c1-11-7-13(35-24-22(33)20(31)18(29)16(10-27)37-24)8-25(3,4)14(11)6-5-12(2)34-23-21(32)19(30)17(28)15(9-26)36-23/h12-13,15-24,26-33H,5-10H2,1-4H3/t12-,13+,15+,16+,17+,18+,19-,20-,21+,22+,23+,24+/m0/s1. The molecule has 3 aliphatic rings. The summed E-state index contributed by atoms with van der Waals surface area (Å²) in [7, 11) is 0. The predicted octanol–water partition coefficient (Wildman–Crippen LogP) is -1.71. The normalized spacial score (nSPS) is 43.6. The lowest BCUT2D eigenvalue weighted by Crippen LogP contribution is -2.59. The Morgan fingerprint density at radius 1 is 0.838 bits per heavy atom. The van der Waals surface area contributed by atoms with Gasteiger partial charge < -0.3 is 59.8 Å². The third-order valence-corrected chi connectivity index (χ3v) is 7.79. The Kier molecular flexibility index (Phi) is 10.5. The number of allylic oxidation sites excluding steroid dienone is 1. The summed E-state index contributed by atoms with van der Waals surface area (Å²) >= 11 is 0. The van der Waals surface area contributed by atoms with Crippen LogP contribution in [0.25, 0.3) is 0 Å². The molecular weight excluding hydrogens is 492 g/mol. The van der Waals surface area contributed by atoms with E-state index in [4.69, 9.17) is 18.9 Å². The van der Waals surface area contributed by atoms with Crippen LogP contribution in [0.15, 0.2) is 11.1 Å². The highest BCUT2D eigenvalue weighted by Gasteiger charge is 2.47. The quantitative estimate of drug-likeness (QED) is 0.156. The van der Waals surface area contributed by atoms with Gasteiger partial charge in [0.2, 0.25) is 0 Å². The zero-order valence-corrected chi connectivity index (χ0v) is 21.9. The zero-order chi connectivity index (χ0) is 27.7. The van der Waals surface area contributed by atoms with Crippen LogP contribution in [0.2, 0.25) is 0 Å². The van der Waals surface area contributed by atoms with Gasteiger partial charge >= 0.3 is 0 Å². The van der Waals surface area contributed by atoms with Gasteiger partial charge in [-0.3, -0.25) is 0 Å². The number of hydrogen-bond acceptors (Lipinski definition) is 12. The summed E-state index contributed by atoms with van der Waals surface area (Å²) in [4.78, 5) is 0. The molecule has 12 nitrogen and oxygen atoms in total. The van der Waals surface area contributed by atoms with Crippen LogP contribution >= 0.6 is 0 Å². The summed E-state index contributed by atoms with van der Waals surface area (Å²) in [5.41, 5.74) is 2.04. The molecule has 0 saturated carbocycles. The molecule has 2 fully saturated rings. The highest BCUT2D eigenvalue weighted by Crippen LogP contribution is 2.44. The first-order valence-electron chi connectivity index (χ1n) is 12.9. The Morgan fingerprint density at radius 3 is 1.86 bits per heavy atom. The molecule has 37 heavy (non-hydrogen) atoms. The fourth-order valence-electron chi connectivity index (χ4n) is 5.65. The molecular formula is C25H44O12. The molecule has 0 bridgehead atoms. The number of hydrogen-bond donors (Lipinski definition) is 8. The van der Waals surface area contributed by atoms with E-state index in [0.717, 1.165) is 5.57 Å². The number of aliphatic hydroxyl groups is 8. The molecule has 12 heteroatoms. The van der Waals surface area contributed by atoms with Gasteiger partial charge in [0.15, 0.2) is 12.6 Å². The predicted molar refractivity (Wildman–Crippen MR) is 128 cm³/mol. The molecule has 216 valence electrons. The second-order valence-corrected chi connectivity index (χ2v) is 11.2. The number of ether oxygens (including phenoxy) is 4. The second-order valence-electron chi connectivity index (χ2n) is 11.2. The Hall–Kier alpha value is -0.740. The van der Waals surface area contributed by atoms with E-state index < -0.39 is 74.6 Å². The molecule has 0 radical (unpaired) electrons. The molecule has 2 heterocycles. The highest BCUT2D eigenvalue weighted by atomic mass is 16.7. The monoisotopic (exact) mass is 536 g/mol. The number of rotatable bonds is 9. The molecule has 2 saturated heterocycles. The van der Waals surface area contributed by atoms with Crippen LogP contribution in [0, 0.1) is 5.41 Å². The third-order valence-electron chi connectivity index (χ3n) is 7.79. The molecule has 1 aliphatic carbocycles. The van der Waals surface area contributed by atoms with Crippen LogP contribution in [0.1, 0.15) is 53.4 Å². The fourth-order valence-corrected chi connectivity index (χ4v) is 5.65. The largest absolute Gasteiger partial charge is 0.394 e. The van der Waals surface area contributed by atoms with Crippen LogP contribution in [0.5, 0.6) is 0 Å². The summed E-state index contributed by atoms with van der Waals surface area (Å²) in [6, 6.07) is 0. The molecule has 0 spiro atoms. The summed E-state index contributed by atoms with van der Waals surface area (Å²) in [5.74, 6) is 0. The van der Waals surface area contributed by atoms with Crippen molar-refractivity contribution in [3.63, 3.8) is 0 Å². The number of aliphatic hydroxyl groups excluding tert-OH is 8. The smallest absolute Gasteiger partial charge is 0.186 e. The Morgan fingerprint density at radius 2 is 1.35 bits per heavy atom. The lowest BCUT2D eigenvalue weighted by atomic mass is 9.70. The minimum Gasteiger partial charge on any atom is -0.394 e. The van der Waals surface area contributed by atoms with Crippen molar-refractivity contribution < 1.29 is 59.8 Å². The first kappa shape index (κ1) is 30.8. The maximum Gasteiger partial charge on any atom is 0.186 e. The molecule has 0 aromatic rings. The second kappa shape index (κ2) is 12.6. The topological polar surface area (TPSA) is 199 Å². The maximum atomic E-state index is 10.3. The van der Waals surface area contributed by atoms with Gasteiger partial charge in [-0.2, -0.15) is 0 Å². The maximum absolute atomic E-state index is 10.3. The first-order chi connectivity index (χ1) is 17.3. The van der Waals surface area contributed by atoms with E-state index in [0.29, 0.717) is 25.7 Å². The lowest BCUT2D eigenvalue weighted by molar-refractivity contribution is -0.313. The van der Waals surface area contributed by atoms with Gasteiger partial charge in [-0.15, -0.1) is 0 Å². The van der Waals surface area contributed by atoms with Crippen LogP contribution in [0.3, 0.4) is 0 Å².